The van der Waals surface area contributed by atoms with E-state index < -0.39 is 0 Å². The van der Waals surface area contributed by atoms with Gasteiger partial charge in [0.15, 0.2) is 0 Å². The highest BCUT2D eigenvalue weighted by Crippen LogP contribution is 2.43. The predicted molar refractivity (Wildman–Crippen MR) is 90.5 cm³/mol. The lowest BCUT2D eigenvalue weighted by molar-refractivity contribution is -0.165. The fraction of sp³-hybridized carbons (Fsp3) is 0.550. The summed E-state index contributed by atoms with van der Waals surface area (Å²) in [7, 11) is 0. The van der Waals surface area contributed by atoms with Crippen molar-refractivity contribution in [1.82, 2.24) is 4.90 Å². The molecule has 0 spiro atoms. The molecule has 122 valence electrons. The largest absolute Gasteiger partial charge is 0.460 e. The average molecular weight is 311 g/mol. The Hall–Kier alpha value is -1.79. The van der Waals surface area contributed by atoms with Crippen molar-refractivity contribution in [3.05, 3.63) is 35.9 Å². The number of carbonyl (C=O) groups excluding carboxylic acids is 1. The number of hydrogen-bond donors (Lipinski definition) is 0. The molecule has 0 radical (unpaired) electrons. The van der Waals surface area contributed by atoms with E-state index in [9.17, 15) is 4.79 Å². The van der Waals surface area contributed by atoms with Crippen LogP contribution in [0.4, 0.5) is 0 Å². The number of terminal acetylenes is 1. The van der Waals surface area contributed by atoms with Crippen LogP contribution in [0.25, 0.3) is 0 Å². The Labute approximate surface area is 139 Å². The first-order chi connectivity index (χ1) is 11.2. The quantitative estimate of drug-likeness (QED) is 0.617. The van der Waals surface area contributed by atoms with Gasteiger partial charge in [0.25, 0.3) is 0 Å². The van der Waals surface area contributed by atoms with Crippen molar-refractivity contribution in [3.8, 4) is 12.3 Å². The summed E-state index contributed by atoms with van der Waals surface area (Å²) in [4.78, 5) is 15.0. The number of ether oxygens (including phenoxy) is 1. The minimum atomic E-state index is -0.280. The minimum absolute atomic E-state index is 0.0216. The van der Waals surface area contributed by atoms with Crippen molar-refractivity contribution in [1.29, 1.82) is 0 Å². The van der Waals surface area contributed by atoms with Gasteiger partial charge in [-0.3, -0.25) is 4.79 Å². The maximum Gasteiger partial charge on any atom is 0.313 e. The maximum absolute atomic E-state index is 12.6. The molecule has 0 N–H and O–H groups in total. The Kier molecular flexibility index (Phi) is 5.03. The first-order valence-corrected chi connectivity index (χ1v) is 8.61. The zero-order valence-electron chi connectivity index (χ0n) is 13.7. The molecule has 1 saturated heterocycles. The molecule has 3 rings (SSSR count). The van der Waals surface area contributed by atoms with Gasteiger partial charge in [-0.15, -0.1) is 12.3 Å². The Bertz CT molecular complexity index is 563. The molecule has 0 bridgehead atoms. The molecule has 1 aliphatic heterocycles. The van der Waals surface area contributed by atoms with Crippen LogP contribution in [-0.2, 0) is 16.1 Å². The van der Waals surface area contributed by atoms with Gasteiger partial charge >= 0.3 is 5.97 Å². The third kappa shape index (κ3) is 3.76. The number of likely N-dealkylation sites (tertiary alicyclic amines) is 1. The van der Waals surface area contributed by atoms with Crippen molar-refractivity contribution in [2.45, 2.75) is 38.7 Å². The van der Waals surface area contributed by atoms with Crippen LogP contribution in [0.2, 0.25) is 0 Å². The molecule has 2 aliphatic rings. The van der Waals surface area contributed by atoms with E-state index in [4.69, 9.17) is 11.2 Å². The van der Waals surface area contributed by atoms with E-state index in [-0.39, 0.29) is 11.4 Å². The third-order valence-corrected chi connectivity index (χ3v) is 5.31. The van der Waals surface area contributed by atoms with E-state index in [1.807, 2.05) is 30.3 Å². The second-order valence-corrected chi connectivity index (χ2v) is 6.91. The van der Waals surface area contributed by atoms with Crippen LogP contribution in [-0.4, -0.2) is 30.5 Å². The number of esters is 1. The monoisotopic (exact) mass is 311 g/mol. The fourth-order valence-electron chi connectivity index (χ4n) is 3.59. The molecule has 1 aliphatic carbocycles. The Morgan fingerprint density at radius 2 is 1.96 bits per heavy atom. The lowest BCUT2D eigenvalue weighted by atomic mass is 9.68. The summed E-state index contributed by atoms with van der Waals surface area (Å²) in [5.41, 5.74) is 0.766. The van der Waals surface area contributed by atoms with E-state index in [2.05, 4.69) is 10.8 Å². The van der Waals surface area contributed by atoms with E-state index in [1.165, 1.54) is 0 Å². The number of carbonyl (C=O) groups is 1. The number of benzene rings is 1. The molecular formula is C20H25NO2. The van der Waals surface area contributed by atoms with Crippen LogP contribution in [0.5, 0.6) is 0 Å². The second kappa shape index (κ2) is 7.19. The highest BCUT2D eigenvalue weighted by atomic mass is 16.5. The Balaban J connectivity index is 1.53. The summed E-state index contributed by atoms with van der Waals surface area (Å²) in [6.07, 6.45) is 10.6. The number of nitrogens with zero attached hydrogens (tertiary/aromatic N) is 1. The van der Waals surface area contributed by atoms with Crippen LogP contribution in [0, 0.1) is 23.7 Å². The van der Waals surface area contributed by atoms with E-state index in [1.54, 1.807) is 0 Å². The fourth-order valence-corrected chi connectivity index (χ4v) is 3.59. The van der Waals surface area contributed by atoms with Crippen molar-refractivity contribution >= 4 is 5.97 Å². The highest BCUT2D eigenvalue weighted by molar-refractivity contribution is 5.78. The summed E-state index contributed by atoms with van der Waals surface area (Å²) in [6.45, 7) is 3.21. The standard InChI is InChI=1S/C20H25NO2/c1-2-17-9-13-21(14-10-17)16-20(11-6-12-20)19(22)23-15-18-7-4-3-5-8-18/h1,3-5,7-8,17H,6,9-16H2. The van der Waals surface area contributed by atoms with Crippen molar-refractivity contribution < 1.29 is 9.53 Å². The Morgan fingerprint density at radius 1 is 1.26 bits per heavy atom. The summed E-state index contributed by atoms with van der Waals surface area (Å²) < 4.78 is 5.62. The summed E-state index contributed by atoms with van der Waals surface area (Å²) in [6, 6.07) is 9.89. The molecule has 0 amide bonds. The lowest BCUT2D eigenvalue weighted by Crippen LogP contribution is -2.50. The van der Waals surface area contributed by atoms with Gasteiger partial charge in [0.2, 0.25) is 0 Å². The third-order valence-electron chi connectivity index (χ3n) is 5.31. The predicted octanol–water partition coefficient (Wildman–Crippen LogP) is 3.25. The van der Waals surface area contributed by atoms with Crippen molar-refractivity contribution in [2.75, 3.05) is 19.6 Å². The summed E-state index contributed by atoms with van der Waals surface area (Å²) in [5.74, 6) is 3.25. The number of rotatable bonds is 5. The molecule has 23 heavy (non-hydrogen) atoms. The molecule has 3 nitrogen and oxygen atoms in total. The van der Waals surface area contributed by atoms with Gasteiger partial charge in [-0.05, 0) is 44.3 Å². The molecule has 1 heterocycles. The van der Waals surface area contributed by atoms with Crippen molar-refractivity contribution in [3.63, 3.8) is 0 Å². The van der Waals surface area contributed by atoms with Gasteiger partial charge in [-0.1, -0.05) is 36.8 Å². The van der Waals surface area contributed by atoms with Gasteiger partial charge < -0.3 is 9.64 Å². The lowest BCUT2D eigenvalue weighted by Gasteiger charge is -2.44. The molecule has 3 heteroatoms. The molecule has 1 aromatic carbocycles. The van der Waals surface area contributed by atoms with Gasteiger partial charge in [0.05, 0.1) is 5.41 Å². The number of hydrogen-bond acceptors (Lipinski definition) is 3. The first-order valence-electron chi connectivity index (χ1n) is 8.61. The average Bonchev–Trinajstić information content (AvgIpc) is 2.57. The van der Waals surface area contributed by atoms with Crippen LogP contribution in [0.15, 0.2) is 30.3 Å². The Morgan fingerprint density at radius 3 is 2.52 bits per heavy atom. The van der Waals surface area contributed by atoms with Crippen LogP contribution in [0.1, 0.15) is 37.7 Å². The number of piperidine rings is 1. The molecule has 0 atom stereocenters. The smallest absolute Gasteiger partial charge is 0.313 e. The molecule has 0 unspecified atom stereocenters. The zero-order chi connectivity index (χ0) is 16.1. The zero-order valence-corrected chi connectivity index (χ0v) is 13.7. The molecule has 2 fully saturated rings. The second-order valence-electron chi connectivity index (χ2n) is 6.91. The highest BCUT2D eigenvalue weighted by Gasteiger charge is 2.46. The molecule has 1 saturated carbocycles. The van der Waals surface area contributed by atoms with E-state index in [0.29, 0.717) is 12.5 Å². The topological polar surface area (TPSA) is 29.5 Å². The van der Waals surface area contributed by atoms with Crippen LogP contribution < -0.4 is 0 Å². The van der Waals surface area contributed by atoms with Crippen LogP contribution in [0.3, 0.4) is 0 Å². The van der Waals surface area contributed by atoms with Gasteiger partial charge in [-0.25, -0.2) is 0 Å². The normalized spacial score (nSPS) is 21.2. The van der Waals surface area contributed by atoms with Crippen LogP contribution >= 0.6 is 0 Å². The van der Waals surface area contributed by atoms with E-state index >= 15 is 0 Å². The van der Waals surface area contributed by atoms with E-state index in [0.717, 1.165) is 57.3 Å². The summed E-state index contributed by atoms with van der Waals surface area (Å²) in [5, 5.41) is 0. The summed E-state index contributed by atoms with van der Waals surface area (Å²) >= 11 is 0. The first kappa shape index (κ1) is 16.1. The molecule has 1 aromatic rings. The SMILES string of the molecule is C#CC1CCN(CC2(C(=O)OCc3ccccc3)CCC2)CC1. The van der Waals surface area contributed by atoms with Crippen molar-refractivity contribution in [2.24, 2.45) is 11.3 Å². The molecular weight excluding hydrogens is 286 g/mol. The maximum atomic E-state index is 12.6. The van der Waals surface area contributed by atoms with Gasteiger partial charge in [0, 0.05) is 12.5 Å². The minimum Gasteiger partial charge on any atom is -0.460 e. The molecule has 0 aromatic heterocycles. The van der Waals surface area contributed by atoms with Gasteiger partial charge in [-0.2, -0.15) is 0 Å². The van der Waals surface area contributed by atoms with Gasteiger partial charge in [0.1, 0.15) is 6.61 Å².